The Hall–Kier alpha value is -1.40. The van der Waals surface area contributed by atoms with Gasteiger partial charge in [-0.15, -0.1) is 0 Å². The lowest BCUT2D eigenvalue weighted by Crippen LogP contribution is -2.45. The standard InChI is InChI=1S/C68H133NO5/c1-3-5-7-9-11-13-15-17-18-19-20-21-22-24-27-30-33-37-40-44-48-52-56-60-66(71)65(64-70)69-67(72)61-57-53-49-45-41-38-34-31-28-25-23-26-29-32-35-39-43-47-51-55-59-63-74-68(73)62-58-54-50-46-42-36-16-14-12-10-8-6-4-2/h56,60,65-66,70-71H,3-55,57-59,61-64H2,1-2H3,(H,69,72)/b60-56+. The van der Waals surface area contributed by atoms with E-state index < -0.39 is 12.1 Å². The average molecular weight is 1040 g/mol. The van der Waals surface area contributed by atoms with Crippen LogP contribution in [0.15, 0.2) is 12.2 Å². The van der Waals surface area contributed by atoms with Crippen LogP contribution in [0.1, 0.15) is 386 Å². The van der Waals surface area contributed by atoms with Crippen molar-refractivity contribution in [3.8, 4) is 0 Å². The number of esters is 1. The molecule has 440 valence electrons. The highest BCUT2D eigenvalue weighted by Gasteiger charge is 2.18. The molecule has 0 saturated heterocycles. The van der Waals surface area contributed by atoms with E-state index in [2.05, 4.69) is 19.2 Å². The van der Waals surface area contributed by atoms with Gasteiger partial charge in [-0.25, -0.2) is 0 Å². The van der Waals surface area contributed by atoms with Crippen molar-refractivity contribution in [2.45, 2.75) is 398 Å². The minimum atomic E-state index is -0.846. The largest absolute Gasteiger partial charge is 0.466 e. The molecule has 2 atom stereocenters. The van der Waals surface area contributed by atoms with Crippen molar-refractivity contribution in [2.24, 2.45) is 0 Å². The zero-order chi connectivity index (χ0) is 53.6. The van der Waals surface area contributed by atoms with Crippen LogP contribution in [0.2, 0.25) is 0 Å². The third-order valence-electron chi connectivity index (χ3n) is 16.1. The minimum absolute atomic E-state index is 0.0140. The number of ether oxygens (including phenoxy) is 1. The second-order valence-electron chi connectivity index (χ2n) is 23.5. The van der Waals surface area contributed by atoms with Crippen LogP contribution >= 0.6 is 0 Å². The number of unbranched alkanes of at least 4 members (excludes halogenated alkanes) is 53. The summed E-state index contributed by atoms with van der Waals surface area (Å²) in [6.07, 6.45) is 78.4. The van der Waals surface area contributed by atoms with Crippen molar-refractivity contribution in [3.05, 3.63) is 12.2 Å². The van der Waals surface area contributed by atoms with Crippen molar-refractivity contribution in [1.82, 2.24) is 5.32 Å². The van der Waals surface area contributed by atoms with Gasteiger partial charge in [-0.05, 0) is 32.1 Å². The molecule has 0 aromatic rings. The highest BCUT2D eigenvalue weighted by molar-refractivity contribution is 5.76. The van der Waals surface area contributed by atoms with E-state index in [0.717, 1.165) is 38.5 Å². The summed E-state index contributed by atoms with van der Waals surface area (Å²) in [7, 11) is 0. The third-order valence-corrected chi connectivity index (χ3v) is 16.1. The van der Waals surface area contributed by atoms with Crippen LogP contribution in [0.3, 0.4) is 0 Å². The minimum Gasteiger partial charge on any atom is -0.466 e. The van der Waals surface area contributed by atoms with Gasteiger partial charge in [0.15, 0.2) is 0 Å². The molecule has 3 N–H and O–H groups in total. The normalized spacial score (nSPS) is 12.5. The Bertz CT molecular complexity index is 1110. The van der Waals surface area contributed by atoms with Crippen molar-refractivity contribution in [1.29, 1.82) is 0 Å². The van der Waals surface area contributed by atoms with Crippen molar-refractivity contribution < 1.29 is 24.5 Å². The van der Waals surface area contributed by atoms with Crippen molar-refractivity contribution in [3.63, 3.8) is 0 Å². The number of hydrogen-bond donors (Lipinski definition) is 3. The second-order valence-corrected chi connectivity index (χ2v) is 23.5. The van der Waals surface area contributed by atoms with Crippen molar-refractivity contribution in [2.75, 3.05) is 13.2 Å². The topological polar surface area (TPSA) is 95.9 Å². The SMILES string of the molecule is CCCCCCCCCCCCCCCCCCCCCCC/C=C/C(O)C(CO)NC(=O)CCCCCCCCCCCCCCCCCCCCCCCOC(=O)CCCCCCCCCCCCCCC. The van der Waals surface area contributed by atoms with Crippen molar-refractivity contribution >= 4 is 11.9 Å². The fourth-order valence-electron chi connectivity index (χ4n) is 10.9. The quantitative estimate of drug-likeness (QED) is 0.0320. The molecule has 0 aromatic carbocycles. The number of hydrogen-bond acceptors (Lipinski definition) is 5. The molecule has 1 amide bonds. The van der Waals surface area contributed by atoms with E-state index in [-0.39, 0.29) is 18.5 Å². The van der Waals surface area contributed by atoms with Gasteiger partial charge in [0.2, 0.25) is 5.91 Å². The number of carbonyl (C=O) groups is 2. The molecule has 0 heterocycles. The molecule has 0 aliphatic rings. The zero-order valence-corrected chi connectivity index (χ0v) is 50.4. The van der Waals surface area contributed by atoms with Crippen LogP contribution in [0.4, 0.5) is 0 Å². The molecular formula is C68H133NO5. The van der Waals surface area contributed by atoms with Gasteiger partial charge < -0.3 is 20.3 Å². The summed E-state index contributed by atoms with van der Waals surface area (Å²) in [6, 6.07) is -0.629. The van der Waals surface area contributed by atoms with E-state index in [1.54, 1.807) is 6.08 Å². The van der Waals surface area contributed by atoms with Gasteiger partial charge in [0.05, 0.1) is 25.4 Å². The lowest BCUT2D eigenvalue weighted by molar-refractivity contribution is -0.143. The molecule has 0 aromatic heterocycles. The number of aliphatic hydroxyl groups excluding tert-OH is 2. The van der Waals surface area contributed by atoms with E-state index in [0.29, 0.717) is 19.4 Å². The van der Waals surface area contributed by atoms with Gasteiger partial charge in [-0.3, -0.25) is 9.59 Å². The highest BCUT2D eigenvalue weighted by atomic mass is 16.5. The summed E-state index contributed by atoms with van der Waals surface area (Å²) in [4.78, 5) is 24.6. The smallest absolute Gasteiger partial charge is 0.305 e. The molecule has 74 heavy (non-hydrogen) atoms. The Morgan fingerprint density at radius 1 is 0.365 bits per heavy atom. The first-order chi connectivity index (χ1) is 36.5. The summed E-state index contributed by atoms with van der Waals surface area (Å²) in [5, 5.41) is 23.3. The average Bonchev–Trinajstić information content (AvgIpc) is 3.40. The van der Waals surface area contributed by atoms with Crippen LogP contribution in [0.25, 0.3) is 0 Å². The molecule has 6 nitrogen and oxygen atoms in total. The number of aliphatic hydroxyl groups is 2. The maximum atomic E-state index is 12.5. The van der Waals surface area contributed by atoms with E-state index in [9.17, 15) is 19.8 Å². The monoisotopic (exact) mass is 1040 g/mol. The van der Waals surface area contributed by atoms with Crippen LogP contribution in [-0.4, -0.2) is 47.4 Å². The first-order valence-electron chi connectivity index (χ1n) is 34.0. The fraction of sp³-hybridized carbons (Fsp3) is 0.941. The fourth-order valence-corrected chi connectivity index (χ4v) is 10.9. The highest BCUT2D eigenvalue weighted by Crippen LogP contribution is 2.19. The second kappa shape index (κ2) is 64.1. The lowest BCUT2D eigenvalue weighted by atomic mass is 10.0. The zero-order valence-electron chi connectivity index (χ0n) is 50.4. The molecule has 2 unspecified atom stereocenters. The molecule has 0 fully saturated rings. The van der Waals surface area contributed by atoms with Crippen LogP contribution in [0, 0.1) is 0 Å². The molecule has 0 aliphatic carbocycles. The Labute approximate surface area is 463 Å². The molecule has 0 aliphatic heterocycles. The molecule has 0 radical (unpaired) electrons. The van der Waals surface area contributed by atoms with Crippen LogP contribution in [-0.2, 0) is 14.3 Å². The summed E-state index contributed by atoms with van der Waals surface area (Å²) in [6.45, 7) is 4.94. The van der Waals surface area contributed by atoms with Gasteiger partial charge in [0.1, 0.15) is 0 Å². The van der Waals surface area contributed by atoms with E-state index in [4.69, 9.17) is 4.74 Å². The Morgan fingerprint density at radius 3 is 0.919 bits per heavy atom. The summed E-state index contributed by atoms with van der Waals surface area (Å²) < 4.78 is 5.48. The Balaban J connectivity index is 3.41. The molecule has 0 saturated carbocycles. The molecule has 0 bridgehead atoms. The van der Waals surface area contributed by atoms with Gasteiger partial charge in [0.25, 0.3) is 0 Å². The Morgan fingerprint density at radius 2 is 0.622 bits per heavy atom. The first-order valence-corrected chi connectivity index (χ1v) is 34.0. The van der Waals surface area contributed by atoms with Crippen LogP contribution < -0.4 is 5.32 Å². The number of allylic oxidation sites excluding steroid dienone is 1. The Kier molecular flexibility index (Phi) is 62.9. The molecule has 0 spiro atoms. The number of nitrogens with one attached hydrogen (secondary N) is 1. The first kappa shape index (κ1) is 72.6. The third kappa shape index (κ3) is 59.8. The summed E-state index contributed by atoms with van der Waals surface area (Å²) >= 11 is 0. The molecule has 6 heteroatoms. The maximum absolute atomic E-state index is 12.5. The van der Waals surface area contributed by atoms with Crippen LogP contribution in [0.5, 0.6) is 0 Å². The van der Waals surface area contributed by atoms with E-state index in [1.165, 1.54) is 321 Å². The van der Waals surface area contributed by atoms with Gasteiger partial charge in [-0.2, -0.15) is 0 Å². The summed E-state index contributed by atoms with van der Waals surface area (Å²) in [5.74, 6) is -0.0502. The van der Waals surface area contributed by atoms with E-state index >= 15 is 0 Å². The molecule has 0 rings (SSSR count). The number of rotatable bonds is 64. The predicted molar refractivity (Wildman–Crippen MR) is 324 cm³/mol. The van der Waals surface area contributed by atoms with Gasteiger partial charge >= 0.3 is 5.97 Å². The van der Waals surface area contributed by atoms with Gasteiger partial charge in [0, 0.05) is 12.8 Å². The lowest BCUT2D eigenvalue weighted by Gasteiger charge is -2.20. The maximum Gasteiger partial charge on any atom is 0.305 e. The number of amides is 1. The summed E-state index contributed by atoms with van der Waals surface area (Å²) in [5.41, 5.74) is 0. The molecular weight excluding hydrogens is 911 g/mol. The van der Waals surface area contributed by atoms with E-state index in [1.807, 2.05) is 6.08 Å². The number of carbonyl (C=O) groups excluding carboxylic acids is 2. The predicted octanol–water partition coefficient (Wildman–Crippen LogP) is 21.6. The van der Waals surface area contributed by atoms with Gasteiger partial charge in [-0.1, -0.05) is 353 Å².